The summed E-state index contributed by atoms with van der Waals surface area (Å²) in [5.41, 5.74) is 0.891. The molecular formula is C20H20BrN3O4S. The number of carbonyl (C=O) groups is 3. The molecule has 3 rings (SSSR count). The van der Waals surface area contributed by atoms with Gasteiger partial charge in [0.2, 0.25) is 11.8 Å². The predicted octanol–water partition coefficient (Wildman–Crippen LogP) is 2.54. The van der Waals surface area contributed by atoms with Gasteiger partial charge in [0.1, 0.15) is 5.92 Å². The molecule has 0 radical (unpaired) electrons. The smallest absolute Gasteiger partial charge is 0.319 e. The molecule has 29 heavy (non-hydrogen) atoms. The lowest BCUT2D eigenvalue weighted by molar-refractivity contribution is -0.150. The first-order chi connectivity index (χ1) is 14.0. The van der Waals surface area contributed by atoms with Gasteiger partial charge < -0.3 is 15.0 Å². The highest BCUT2D eigenvalue weighted by atomic mass is 79.9. The molecule has 2 atom stereocenters. The molecule has 0 aliphatic carbocycles. The van der Waals surface area contributed by atoms with Gasteiger partial charge in [0.05, 0.1) is 29.5 Å². The zero-order valence-corrected chi connectivity index (χ0v) is 18.2. The van der Waals surface area contributed by atoms with E-state index in [9.17, 15) is 19.6 Å². The van der Waals surface area contributed by atoms with E-state index in [1.54, 1.807) is 23.1 Å². The van der Waals surface area contributed by atoms with E-state index in [0.29, 0.717) is 10.6 Å². The topological polar surface area (TPSA) is 99.5 Å². The lowest BCUT2D eigenvalue weighted by Crippen LogP contribution is -2.44. The zero-order chi connectivity index (χ0) is 21.0. The number of nitriles is 1. The van der Waals surface area contributed by atoms with Crippen LogP contribution < -0.4 is 5.32 Å². The molecule has 2 heterocycles. The summed E-state index contributed by atoms with van der Waals surface area (Å²) in [6.07, 6.45) is 1.98. The van der Waals surface area contributed by atoms with Crippen LogP contribution in [0.2, 0.25) is 0 Å². The van der Waals surface area contributed by atoms with Crippen molar-refractivity contribution in [1.29, 1.82) is 5.26 Å². The number of ether oxygens (including phenoxy) is 1. The number of nitrogens with zero attached hydrogens (tertiary/aromatic N) is 2. The molecule has 1 N–H and O–H groups in total. The van der Waals surface area contributed by atoms with Gasteiger partial charge in [-0.1, -0.05) is 39.8 Å². The van der Waals surface area contributed by atoms with E-state index in [0.717, 1.165) is 42.2 Å². The summed E-state index contributed by atoms with van der Waals surface area (Å²) >= 11 is 4.51. The molecule has 7 nitrogen and oxygen atoms in total. The van der Waals surface area contributed by atoms with Crippen LogP contribution in [-0.4, -0.2) is 48.6 Å². The highest BCUT2D eigenvalue weighted by Gasteiger charge is 2.44. The lowest BCUT2D eigenvalue weighted by Gasteiger charge is -2.31. The van der Waals surface area contributed by atoms with E-state index in [-0.39, 0.29) is 17.2 Å². The highest BCUT2D eigenvalue weighted by molar-refractivity contribution is 9.10. The number of halogens is 1. The Bertz CT molecular complexity index is 905. The van der Waals surface area contributed by atoms with Crippen molar-refractivity contribution in [2.45, 2.75) is 18.8 Å². The van der Waals surface area contributed by atoms with Crippen molar-refractivity contribution in [3.8, 4) is 6.07 Å². The van der Waals surface area contributed by atoms with Crippen molar-refractivity contribution in [1.82, 2.24) is 10.2 Å². The van der Waals surface area contributed by atoms with Gasteiger partial charge in [-0.25, -0.2) is 0 Å². The maximum atomic E-state index is 12.8. The Balaban J connectivity index is 1.95. The molecule has 1 fully saturated rings. The monoisotopic (exact) mass is 477 g/mol. The van der Waals surface area contributed by atoms with E-state index in [4.69, 9.17) is 4.74 Å². The van der Waals surface area contributed by atoms with Gasteiger partial charge in [-0.15, -0.1) is 0 Å². The maximum absolute atomic E-state index is 12.8. The Morgan fingerprint density at radius 1 is 1.38 bits per heavy atom. The van der Waals surface area contributed by atoms with Crippen LogP contribution >= 0.6 is 27.7 Å². The van der Waals surface area contributed by atoms with Gasteiger partial charge in [-0.3, -0.25) is 14.4 Å². The highest BCUT2D eigenvalue weighted by Crippen LogP contribution is 2.40. The molecule has 2 aliphatic heterocycles. The van der Waals surface area contributed by atoms with E-state index in [2.05, 4.69) is 27.3 Å². The van der Waals surface area contributed by atoms with E-state index < -0.39 is 23.7 Å². The molecule has 0 saturated carbocycles. The first-order valence-corrected chi connectivity index (χ1v) is 10.9. The summed E-state index contributed by atoms with van der Waals surface area (Å²) in [4.78, 5) is 39.3. The molecule has 1 aromatic rings. The SMILES string of the molecule is COC(=O)[C@@H]1C(=O)NC(SCC(=O)N2CCCC2)=C(C#N)[C@@H]1c1cccc(Br)c1. The molecular weight excluding hydrogens is 458 g/mol. The molecule has 0 aromatic heterocycles. The Kier molecular flexibility index (Phi) is 6.98. The number of carbonyl (C=O) groups excluding carboxylic acids is 3. The number of nitrogens with one attached hydrogen (secondary N) is 1. The first-order valence-electron chi connectivity index (χ1n) is 9.15. The van der Waals surface area contributed by atoms with Gasteiger partial charge >= 0.3 is 5.97 Å². The molecule has 2 aliphatic rings. The molecule has 152 valence electrons. The van der Waals surface area contributed by atoms with Crippen molar-refractivity contribution >= 4 is 45.5 Å². The normalized spacial score (nSPS) is 21.6. The molecule has 0 unspecified atom stereocenters. The number of benzene rings is 1. The van der Waals surface area contributed by atoms with E-state index in [1.807, 2.05) is 6.07 Å². The van der Waals surface area contributed by atoms with Crippen LogP contribution in [0.15, 0.2) is 39.3 Å². The minimum Gasteiger partial charge on any atom is -0.468 e. The lowest BCUT2D eigenvalue weighted by atomic mass is 9.78. The average Bonchev–Trinajstić information content (AvgIpc) is 3.25. The number of allylic oxidation sites excluding steroid dienone is 1. The number of likely N-dealkylation sites (tertiary alicyclic amines) is 1. The third-order valence-electron chi connectivity index (χ3n) is 4.99. The first kappa shape index (κ1) is 21.4. The number of esters is 1. The van der Waals surface area contributed by atoms with Crippen LogP contribution in [0.5, 0.6) is 0 Å². The standard InChI is InChI=1S/C20H20BrN3O4S/c1-28-20(27)17-16(12-5-4-6-13(21)9-12)14(10-22)19(23-18(17)26)29-11-15(25)24-7-2-3-8-24/h4-6,9,16-17H,2-3,7-8,11H2,1H3,(H,23,26)/t16-,17-/m0/s1. The molecule has 1 aromatic carbocycles. The van der Waals surface area contributed by atoms with Crippen LogP contribution in [-0.2, 0) is 19.1 Å². The summed E-state index contributed by atoms with van der Waals surface area (Å²) < 4.78 is 5.59. The molecule has 9 heteroatoms. The van der Waals surface area contributed by atoms with Crippen molar-refractivity contribution in [3.63, 3.8) is 0 Å². The second kappa shape index (κ2) is 9.46. The Hall–Kier alpha value is -2.31. The fourth-order valence-corrected chi connectivity index (χ4v) is 4.94. The third kappa shape index (κ3) is 4.65. The average molecular weight is 478 g/mol. The quantitative estimate of drug-likeness (QED) is 0.516. The van der Waals surface area contributed by atoms with Gasteiger partial charge in [0.25, 0.3) is 0 Å². The van der Waals surface area contributed by atoms with Gasteiger partial charge in [0.15, 0.2) is 0 Å². The van der Waals surface area contributed by atoms with Crippen molar-refractivity contribution in [2.75, 3.05) is 26.0 Å². The number of hydrogen-bond donors (Lipinski definition) is 1. The van der Waals surface area contributed by atoms with Gasteiger partial charge in [-0.2, -0.15) is 5.26 Å². The number of methoxy groups -OCH3 is 1. The molecule has 0 spiro atoms. The fraction of sp³-hybridized carbons (Fsp3) is 0.400. The minimum absolute atomic E-state index is 0.0272. The van der Waals surface area contributed by atoms with Crippen molar-refractivity contribution in [2.24, 2.45) is 5.92 Å². The Morgan fingerprint density at radius 2 is 2.10 bits per heavy atom. The van der Waals surface area contributed by atoms with Crippen LogP contribution in [0.25, 0.3) is 0 Å². The number of thioether (sulfide) groups is 1. The van der Waals surface area contributed by atoms with Crippen LogP contribution in [0.4, 0.5) is 0 Å². The third-order valence-corrected chi connectivity index (χ3v) is 6.49. The van der Waals surface area contributed by atoms with Gasteiger partial charge in [-0.05, 0) is 30.5 Å². The predicted molar refractivity (Wildman–Crippen MR) is 111 cm³/mol. The van der Waals surface area contributed by atoms with Crippen LogP contribution in [0.1, 0.15) is 24.3 Å². The molecule has 1 saturated heterocycles. The Morgan fingerprint density at radius 3 is 2.72 bits per heavy atom. The number of amides is 2. The Labute approximate surface area is 181 Å². The van der Waals surface area contributed by atoms with Gasteiger partial charge in [0, 0.05) is 23.5 Å². The van der Waals surface area contributed by atoms with Crippen molar-refractivity contribution < 1.29 is 19.1 Å². The largest absolute Gasteiger partial charge is 0.468 e. The fourth-order valence-electron chi connectivity index (χ4n) is 3.57. The van der Waals surface area contributed by atoms with E-state index in [1.165, 1.54) is 7.11 Å². The van der Waals surface area contributed by atoms with Crippen LogP contribution in [0.3, 0.4) is 0 Å². The summed E-state index contributed by atoms with van der Waals surface area (Å²) in [5, 5.41) is 12.8. The van der Waals surface area contributed by atoms with E-state index >= 15 is 0 Å². The summed E-state index contributed by atoms with van der Waals surface area (Å²) in [7, 11) is 1.21. The number of hydrogen-bond acceptors (Lipinski definition) is 6. The molecule has 2 amide bonds. The zero-order valence-electron chi connectivity index (χ0n) is 15.8. The number of rotatable bonds is 5. The van der Waals surface area contributed by atoms with Crippen molar-refractivity contribution in [3.05, 3.63) is 44.9 Å². The second-order valence-corrected chi connectivity index (χ2v) is 8.66. The maximum Gasteiger partial charge on any atom is 0.319 e. The minimum atomic E-state index is -1.18. The summed E-state index contributed by atoms with van der Waals surface area (Å²) in [5.74, 6) is -3.13. The second-order valence-electron chi connectivity index (χ2n) is 6.75. The summed E-state index contributed by atoms with van der Waals surface area (Å²) in [6, 6.07) is 9.27. The molecule has 0 bridgehead atoms. The summed E-state index contributed by atoms with van der Waals surface area (Å²) in [6.45, 7) is 1.47. The van der Waals surface area contributed by atoms with Crippen LogP contribution in [0, 0.1) is 17.2 Å².